The lowest BCUT2D eigenvalue weighted by Crippen LogP contribution is -2.29. The molecular formula is C29H26F9P. The fraction of sp³-hybridized carbons (Fsp3) is 0.379. The van der Waals surface area contributed by atoms with E-state index < -0.39 is 48.8 Å². The third kappa shape index (κ3) is 6.62. The van der Waals surface area contributed by atoms with E-state index in [1.807, 2.05) is 37.3 Å². The van der Waals surface area contributed by atoms with Crippen molar-refractivity contribution in [1.82, 2.24) is 0 Å². The van der Waals surface area contributed by atoms with Gasteiger partial charge in [-0.05, 0) is 97.2 Å². The Hall–Kier alpha value is -2.54. The van der Waals surface area contributed by atoms with Gasteiger partial charge in [-0.1, -0.05) is 49.7 Å². The molecule has 0 radical (unpaired) electrons. The van der Waals surface area contributed by atoms with E-state index in [9.17, 15) is 39.5 Å². The summed E-state index contributed by atoms with van der Waals surface area (Å²) in [4.78, 5) is 0. The standard InChI is InChI=1S/C29H26F9P/c1-17-11-20(27(30,31)32)14-23(12-17)39(24-15-21(28(33,34)35)13-22(16-24)29(36,37)38)26-10-6-9-25(26)18(2)19-7-4-3-5-8-19/h3-5,7-8,11-16,18,25-26H,6,9-10H2,1-2H3/t18-,25?,26?,39?/m0/s1. The molecule has 0 saturated heterocycles. The third-order valence-electron chi connectivity index (χ3n) is 7.35. The number of halogens is 9. The summed E-state index contributed by atoms with van der Waals surface area (Å²) in [6.07, 6.45) is -13.0. The predicted molar refractivity (Wildman–Crippen MR) is 135 cm³/mol. The van der Waals surface area contributed by atoms with Gasteiger partial charge >= 0.3 is 18.5 Å². The minimum absolute atomic E-state index is 0.0626. The number of rotatable bonds is 5. The van der Waals surface area contributed by atoms with Crippen LogP contribution >= 0.6 is 7.92 Å². The molecule has 0 heterocycles. The van der Waals surface area contributed by atoms with Crippen LogP contribution in [0.5, 0.6) is 0 Å². The highest BCUT2D eigenvalue weighted by molar-refractivity contribution is 7.73. The normalized spacial score (nSPS) is 20.2. The van der Waals surface area contributed by atoms with E-state index in [-0.39, 0.29) is 34.1 Å². The maximum absolute atomic E-state index is 13.8. The van der Waals surface area contributed by atoms with Gasteiger partial charge in [-0.25, -0.2) is 0 Å². The van der Waals surface area contributed by atoms with E-state index in [2.05, 4.69) is 0 Å². The predicted octanol–water partition coefficient (Wildman–Crippen LogP) is 9.46. The van der Waals surface area contributed by atoms with Crippen LogP contribution in [0.3, 0.4) is 0 Å². The minimum atomic E-state index is -5.06. The van der Waals surface area contributed by atoms with Crippen LogP contribution < -0.4 is 10.6 Å². The number of hydrogen-bond acceptors (Lipinski definition) is 0. The highest BCUT2D eigenvalue weighted by atomic mass is 31.1. The lowest BCUT2D eigenvalue weighted by atomic mass is 9.86. The molecule has 1 aliphatic carbocycles. The van der Waals surface area contributed by atoms with Crippen LogP contribution in [-0.4, -0.2) is 5.66 Å². The summed E-state index contributed by atoms with van der Waals surface area (Å²) in [6.45, 7) is 3.40. The van der Waals surface area contributed by atoms with Gasteiger partial charge in [0.2, 0.25) is 0 Å². The summed E-state index contributed by atoms with van der Waals surface area (Å²) >= 11 is 0. The van der Waals surface area contributed by atoms with E-state index in [4.69, 9.17) is 0 Å². The average molecular weight is 576 g/mol. The van der Waals surface area contributed by atoms with Crippen molar-refractivity contribution in [2.75, 3.05) is 0 Å². The molecule has 1 fully saturated rings. The topological polar surface area (TPSA) is 0 Å². The van der Waals surface area contributed by atoms with Crippen LogP contribution in [0.4, 0.5) is 39.5 Å². The maximum atomic E-state index is 13.8. The third-order valence-corrected chi connectivity index (χ3v) is 10.3. The molecule has 0 aromatic heterocycles. The Morgan fingerprint density at radius 3 is 1.67 bits per heavy atom. The largest absolute Gasteiger partial charge is 0.416 e. The molecule has 39 heavy (non-hydrogen) atoms. The first-order chi connectivity index (χ1) is 18.1. The van der Waals surface area contributed by atoms with Crippen molar-refractivity contribution in [2.24, 2.45) is 5.92 Å². The average Bonchev–Trinajstić information content (AvgIpc) is 3.31. The van der Waals surface area contributed by atoms with Gasteiger partial charge in [-0.15, -0.1) is 0 Å². The molecule has 4 rings (SSSR count). The molecule has 4 atom stereocenters. The van der Waals surface area contributed by atoms with Crippen LogP contribution in [-0.2, 0) is 18.5 Å². The van der Waals surface area contributed by atoms with Gasteiger partial charge in [0, 0.05) is 0 Å². The van der Waals surface area contributed by atoms with Crippen LogP contribution in [0.15, 0.2) is 66.7 Å². The van der Waals surface area contributed by atoms with Crippen LogP contribution in [0.1, 0.15) is 59.9 Å². The van der Waals surface area contributed by atoms with E-state index in [1.165, 1.54) is 13.0 Å². The Morgan fingerprint density at radius 1 is 0.667 bits per heavy atom. The molecule has 10 heteroatoms. The van der Waals surface area contributed by atoms with Crippen molar-refractivity contribution in [3.05, 3.63) is 94.5 Å². The molecule has 3 aromatic rings. The molecule has 1 aliphatic rings. The van der Waals surface area contributed by atoms with Crippen LogP contribution in [0, 0.1) is 12.8 Å². The summed E-state index contributed by atoms with van der Waals surface area (Å²) in [5.74, 6) is -0.235. The number of alkyl halides is 9. The highest BCUT2D eigenvalue weighted by Crippen LogP contribution is 2.55. The Balaban J connectivity index is 1.95. The molecule has 0 aliphatic heterocycles. The zero-order chi connectivity index (χ0) is 28.8. The van der Waals surface area contributed by atoms with Gasteiger partial charge in [0.1, 0.15) is 0 Å². The van der Waals surface area contributed by atoms with Crippen molar-refractivity contribution < 1.29 is 39.5 Å². The van der Waals surface area contributed by atoms with Crippen molar-refractivity contribution >= 4 is 18.5 Å². The monoisotopic (exact) mass is 576 g/mol. The molecule has 0 N–H and O–H groups in total. The zero-order valence-corrected chi connectivity index (χ0v) is 21.9. The van der Waals surface area contributed by atoms with E-state index in [0.29, 0.717) is 31.4 Å². The number of aryl methyl sites for hydroxylation is 1. The smallest absolute Gasteiger partial charge is 0.166 e. The Kier molecular flexibility index (Phi) is 8.15. The van der Waals surface area contributed by atoms with Gasteiger partial charge in [-0.2, -0.15) is 39.5 Å². The van der Waals surface area contributed by atoms with Gasteiger partial charge in [-0.3, -0.25) is 0 Å². The van der Waals surface area contributed by atoms with E-state index >= 15 is 0 Å². The summed E-state index contributed by atoms with van der Waals surface area (Å²) in [7, 11) is -2.02. The maximum Gasteiger partial charge on any atom is 0.416 e. The molecular weight excluding hydrogens is 550 g/mol. The molecule has 0 nitrogen and oxygen atoms in total. The van der Waals surface area contributed by atoms with E-state index in [1.54, 1.807) is 0 Å². The number of hydrogen-bond donors (Lipinski definition) is 0. The van der Waals surface area contributed by atoms with Crippen molar-refractivity contribution in [3.8, 4) is 0 Å². The van der Waals surface area contributed by atoms with Crippen molar-refractivity contribution in [1.29, 1.82) is 0 Å². The molecule has 3 unspecified atom stereocenters. The van der Waals surface area contributed by atoms with Crippen LogP contribution in [0.25, 0.3) is 0 Å². The Bertz CT molecular complexity index is 1260. The Labute approximate surface area is 222 Å². The van der Waals surface area contributed by atoms with E-state index in [0.717, 1.165) is 17.7 Å². The van der Waals surface area contributed by atoms with Crippen molar-refractivity contribution in [3.63, 3.8) is 0 Å². The fourth-order valence-electron chi connectivity index (χ4n) is 5.55. The van der Waals surface area contributed by atoms with Crippen molar-refractivity contribution in [2.45, 2.75) is 63.2 Å². The SMILES string of the molecule is Cc1cc(P(c2cc(C(F)(F)F)cc(C(F)(F)F)c2)C2CCCC2[C@@H](C)c2ccccc2)cc(C(F)(F)F)c1. The van der Waals surface area contributed by atoms with Crippen LogP contribution in [0.2, 0.25) is 0 Å². The summed E-state index contributed by atoms with van der Waals surface area (Å²) in [5, 5.41) is -0.0926. The fourth-order valence-corrected chi connectivity index (χ4v) is 9.02. The number of benzene rings is 3. The lowest BCUT2D eigenvalue weighted by molar-refractivity contribution is -0.143. The Morgan fingerprint density at radius 2 is 1.15 bits per heavy atom. The summed E-state index contributed by atoms with van der Waals surface area (Å²) in [6, 6.07) is 14.1. The molecule has 1 saturated carbocycles. The molecule has 0 bridgehead atoms. The van der Waals surface area contributed by atoms with Gasteiger partial charge in [0.05, 0.1) is 16.7 Å². The molecule has 0 spiro atoms. The molecule has 210 valence electrons. The summed E-state index contributed by atoms with van der Waals surface area (Å²) < 4.78 is 124. The first kappa shape index (κ1) is 29.4. The van der Waals surface area contributed by atoms with Gasteiger partial charge < -0.3 is 0 Å². The van der Waals surface area contributed by atoms with Gasteiger partial charge in [0.15, 0.2) is 0 Å². The first-order valence-electron chi connectivity index (χ1n) is 12.4. The molecule has 3 aromatic carbocycles. The second kappa shape index (κ2) is 10.8. The second-order valence-corrected chi connectivity index (χ2v) is 12.5. The lowest BCUT2D eigenvalue weighted by Gasteiger charge is -2.34. The quantitative estimate of drug-likeness (QED) is 0.210. The second-order valence-electron chi connectivity index (χ2n) is 10.1. The van der Waals surface area contributed by atoms with Gasteiger partial charge in [0.25, 0.3) is 0 Å². The molecule has 0 amide bonds. The zero-order valence-electron chi connectivity index (χ0n) is 21.1. The first-order valence-corrected chi connectivity index (χ1v) is 13.8. The highest BCUT2D eigenvalue weighted by Gasteiger charge is 2.43. The minimum Gasteiger partial charge on any atom is -0.166 e. The summed E-state index contributed by atoms with van der Waals surface area (Å²) in [5.41, 5.74) is -3.12.